The second-order valence-electron chi connectivity index (χ2n) is 6.26. The highest BCUT2D eigenvalue weighted by atomic mass is 19.3. The average Bonchev–Trinajstić information content (AvgIpc) is 2.61. The third kappa shape index (κ3) is 3.96. The van der Waals surface area contributed by atoms with Crippen molar-refractivity contribution in [1.29, 1.82) is 0 Å². The van der Waals surface area contributed by atoms with Crippen LogP contribution in [0, 0.1) is 5.92 Å². The molecule has 1 aliphatic rings. The maximum atomic E-state index is 13.3. The van der Waals surface area contributed by atoms with Gasteiger partial charge in [-0.1, -0.05) is 30.3 Å². The lowest BCUT2D eigenvalue weighted by molar-refractivity contribution is -0.129. The van der Waals surface area contributed by atoms with Gasteiger partial charge in [-0.05, 0) is 36.1 Å². The summed E-state index contributed by atoms with van der Waals surface area (Å²) in [5, 5.41) is 3.04. The van der Waals surface area contributed by atoms with Gasteiger partial charge in [-0.3, -0.25) is 9.78 Å². The van der Waals surface area contributed by atoms with E-state index in [1.165, 1.54) is 0 Å². The lowest BCUT2D eigenvalue weighted by Crippen LogP contribution is -2.38. The first kappa shape index (κ1) is 16.6. The zero-order chi connectivity index (χ0) is 17.0. The molecule has 0 saturated heterocycles. The van der Waals surface area contributed by atoms with Gasteiger partial charge in [0.2, 0.25) is 11.8 Å². The Kier molecular flexibility index (Phi) is 4.88. The van der Waals surface area contributed by atoms with E-state index in [2.05, 4.69) is 10.3 Å². The Hall–Kier alpha value is -2.30. The SMILES string of the molecule is O=C(NC(c1ccccc1)c1ccncc1)C1CCC(F)(F)CC1. The number of aromatic nitrogens is 1. The molecule has 1 unspecified atom stereocenters. The lowest BCUT2D eigenvalue weighted by atomic mass is 9.85. The Balaban J connectivity index is 1.76. The molecular weight excluding hydrogens is 310 g/mol. The predicted octanol–water partition coefficient (Wildman–Crippen LogP) is 4.11. The topological polar surface area (TPSA) is 42.0 Å². The van der Waals surface area contributed by atoms with Gasteiger partial charge >= 0.3 is 0 Å². The number of carbonyl (C=O) groups excluding carboxylic acids is 1. The maximum absolute atomic E-state index is 13.3. The Labute approximate surface area is 140 Å². The smallest absolute Gasteiger partial charge is 0.248 e. The normalized spacial score (nSPS) is 18.8. The summed E-state index contributed by atoms with van der Waals surface area (Å²) in [7, 11) is 0. The largest absolute Gasteiger partial charge is 0.345 e. The first-order chi connectivity index (χ1) is 11.6. The van der Waals surface area contributed by atoms with E-state index in [-0.39, 0.29) is 43.6 Å². The first-order valence-electron chi connectivity index (χ1n) is 8.18. The van der Waals surface area contributed by atoms with E-state index in [4.69, 9.17) is 0 Å². The molecule has 0 aliphatic heterocycles. The van der Waals surface area contributed by atoms with Gasteiger partial charge in [0.15, 0.2) is 0 Å². The maximum Gasteiger partial charge on any atom is 0.248 e. The molecule has 1 amide bonds. The Bertz CT molecular complexity index is 627. The van der Waals surface area contributed by atoms with Crippen LogP contribution in [0.2, 0.25) is 0 Å². The van der Waals surface area contributed by atoms with Gasteiger partial charge in [-0.25, -0.2) is 8.78 Å². The van der Waals surface area contributed by atoms with Gasteiger partial charge in [0, 0.05) is 31.2 Å². The van der Waals surface area contributed by atoms with E-state index in [1.807, 2.05) is 42.5 Å². The summed E-state index contributed by atoms with van der Waals surface area (Å²) in [5.74, 6) is -3.13. The number of alkyl halides is 2. The lowest BCUT2D eigenvalue weighted by Gasteiger charge is -2.29. The molecule has 3 nitrogen and oxygen atoms in total. The number of benzene rings is 1. The van der Waals surface area contributed by atoms with E-state index in [9.17, 15) is 13.6 Å². The van der Waals surface area contributed by atoms with Gasteiger partial charge in [0.25, 0.3) is 0 Å². The van der Waals surface area contributed by atoms with Gasteiger partial charge in [0.1, 0.15) is 0 Å². The van der Waals surface area contributed by atoms with Gasteiger partial charge in [-0.15, -0.1) is 0 Å². The zero-order valence-corrected chi connectivity index (χ0v) is 13.3. The molecule has 1 saturated carbocycles. The fourth-order valence-electron chi connectivity index (χ4n) is 3.12. The van der Waals surface area contributed by atoms with Crippen LogP contribution in [0.15, 0.2) is 54.9 Å². The van der Waals surface area contributed by atoms with Crippen molar-refractivity contribution < 1.29 is 13.6 Å². The van der Waals surface area contributed by atoms with E-state index < -0.39 is 5.92 Å². The number of amides is 1. The van der Waals surface area contributed by atoms with Crippen molar-refractivity contribution in [1.82, 2.24) is 10.3 Å². The second kappa shape index (κ2) is 7.07. The van der Waals surface area contributed by atoms with Crippen LogP contribution in [0.5, 0.6) is 0 Å². The number of carbonyl (C=O) groups is 1. The zero-order valence-electron chi connectivity index (χ0n) is 13.3. The minimum absolute atomic E-state index is 0.156. The van der Waals surface area contributed by atoms with Crippen molar-refractivity contribution >= 4 is 5.91 Å². The molecule has 1 N–H and O–H groups in total. The Morgan fingerprint density at radius 1 is 1.04 bits per heavy atom. The standard InChI is InChI=1S/C19H20F2N2O/c20-19(21)10-6-16(7-11-19)18(24)23-17(14-4-2-1-3-5-14)15-8-12-22-13-9-15/h1-5,8-9,12-13,16-17H,6-7,10-11H2,(H,23,24). The molecule has 0 spiro atoms. The first-order valence-corrected chi connectivity index (χ1v) is 8.18. The average molecular weight is 330 g/mol. The number of hydrogen-bond donors (Lipinski definition) is 1. The molecule has 2 aromatic rings. The van der Waals surface area contributed by atoms with Crippen molar-refractivity contribution in [2.24, 2.45) is 5.92 Å². The molecule has 24 heavy (non-hydrogen) atoms. The summed E-state index contributed by atoms with van der Waals surface area (Å²) in [5.41, 5.74) is 1.88. The number of nitrogens with one attached hydrogen (secondary N) is 1. The molecular formula is C19H20F2N2O. The van der Waals surface area contributed by atoms with Crippen molar-refractivity contribution in [3.05, 3.63) is 66.0 Å². The highest BCUT2D eigenvalue weighted by molar-refractivity contribution is 5.79. The molecule has 1 heterocycles. The van der Waals surface area contributed by atoms with Crippen molar-refractivity contribution in [3.8, 4) is 0 Å². The van der Waals surface area contributed by atoms with Gasteiger partial charge in [0.05, 0.1) is 6.04 Å². The molecule has 1 aliphatic carbocycles. The van der Waals surface area contributed by atoms with Crippen LogP contribution in [0.25, 0.3) is 0 Å². The second-order valence-corrected chi connectivity index (χ2v) is 6.26. The minimum atomic E-state index is -2.62. The van der Waals surface area contributed by atoms with Crippen LogP contribution in [0.3, 0.4) is 0 Å². The number of hydrogen-bond acceptors (Lipinski definition) is 2. The summed E-state index contributed by atoms with van der Waals surface area (Å²) < 4.78 is 26.6. The van der Waals surface area contributed by atoms with Crippen LogP contribution in [-0.2, 0) is 4.79 Å². The molecule has 1 atom stereocenters. The summed E-state index contributed by atoms with van der Waals surface area (Å²) in [6.45, 7) is 0. The molecule has 1 aromatic heterocycles. The van der Waals surface area contributed by atoms with Gasteiger partial charge < -0.3 is 5.32 Å². The number of rotatable bonds is 4. The highest BCUT2D eigenvalue weighted by Gasteiger charge is 2.37. The van der Waals surface area contributed by atoms with E-state index >= 15 is 0 Å². The van der Waals surface area contributed by atoms with Crippen molar-refractivity contribution in [2.45, 2.75) is 37.6 Å². The molecule has 1 aromatic carbocycles. The van der Waals surface area contributed by atoms with E-state index in [1.54, 1.807) is 12.4 Å². The van der Waals surface area contributed by atoms with Gasteiger partial charge in [-0.2, -0.15) is 0 Å². The summed E-state index contributed by atoms with van der Waals surface area (Å²) in [4.78, 5) is 16.6. The summed E-state index contributed by atoms with van der Waals surface area (Å²) >= 11 is 0. The molecule has 3 rings (SSSR count). The minimum Gasteiger partial charge on any atom is -0.345 e. The van der Waals surface area contributed by atoms with Crippen LogP contribution in [0.4, 0.5) is 8.78 Å². The third-order valence-corrected chi connectivity index (χ3v) is 4.55. The Morgan fingerprint density at radius 2 is 1.62 bits per heavy atom. The van der Waals surface area contributed by atoms with Crippen LogP contribution in [-0.4, -0.2) is 16.8 Å². The van der Waals surface area contributed by atoms with E-state index in [0.29, 0.717) is 0 Å². The van der Waals surface area contributed by atoms with Crippen molar-refractivity contribution in [3.63, 3.8) is 0 Å². The summed E-state index contributed by atoms with van der Waals surface area (Å²) in [6, 6.07) is 13.0. The Morgan fingerprint density at radius 3 is 2.25 bits per heavy atom. The molecule has 1 fully saturated rings. The quantitative estimate of drug-likeness (QED) is 0.916. The number of halogens is 2. The monoisotopic (exact) mass is 330 g/mol. The van der Waals surface area contributed by atoms with Crippen LogP contribution >= 0.6 is 0 Å². The molecule has 126 valence electrons. The van der Waals surface area contributed by atoms with Crippen LogP contribution < -0.4 is 5.32 Å². The fraction of sp³-hybridized carbons (Fsp3) is 0.368. The number of nitrogens with zero attached hydrogens (tertiary/aromatic N) is 1. The molecule has 0 radical (unpaired) electrons. The summed E-state index contributed by atoms with van der Waals surface area (Å²) in [6.07, 6.45) is 3.40. The highest BCUT2D eigenvalue weighted by Crippen LogP contribution is 2.36. The third-order valence-electron chi connectivity index (χ3n) is 4.55. The van der Waals surface area contributed by atoms with Crippen molar-refractivity contribution in [2.75, 3.05) is 0 Å². The molecule has 0 bridgehead atoms. The molecule has 5 heteroatoms. The van der Waals surface area contributed by atoms with E-state index in [0.717, 1.165) is 11.1 Å². The number of pyridine rings is 1. The predicted molar refractivity (Wildman–Crippen MR) is 87.6 cm³/mol. The fourth-order valence-corrected chi connectivity index (χ4v) is 3.12. The van der Waals surface area contributed by atoms with Crippen LogP contribution in [0.1, 0.15) is 42.9 Å².